The molecule has 0 fully saturated rings. The first-order chi connectivity index (χ1) is 14.5. The lowest BCUT2D eigenvalue weighted by molar-refractivity contribution is -0.168. The zero-order valence-electron chi connectivity index (χ0n) is 16.3. The average molecular weight is 466 g/mol. The number of rotatable bonds is 5. The van der Waals surface area contributed by atoms with Crippen molar-refractivity contribution in [1.29, 1.82) is 0 Å². The first kappa shape index (κ1) is 20.3. The molecule has 1 aliphatic rings. The number of fused-ring (bicyclic) bond motifs is 1. The molecule has 1 amide bonds. The maximum absolute atomic E-state index is 13.7. The van der Waals surface area contributed by atoms with Crippen LogP contribution in [0.1, 0.15) is 22.6 Å². The zero-order chi connectivity index (χ0) is 21.3. The highest BCUT2D eigenvalue weighted by atomic mass is 79.9. The third-order valence-corrected chi connectivity index (χ3v) is 5.91. The van der Waals surface area contributed by atoms with Gasteiger partial charge in [-0.3, -0.25) is 4.79 Å². The number of hydrogen-bond donors (Lipinski definition) is 1. The van der Waals surface area contributed by atoms with E-state index >= 15 is 0 Å². The second kappa shape index (κ2) is 8.05. The maximum Gasteiger partial charge on any atom is 0.343 e. The molecular formula is C24H20BrNO4. The molecule has 5 nitrogen and oxygen atoms in total. The Hall–Kier alpha value is -2.96. The molecule has 152 valence electrons. The maximum atomic E-state index is 13.7. The van der Waals surface area contributed by atoms with Gasteiger partial charge >= 0.3 is 5.97 Å². The van der Waals surface area contributed by atoms with Crippen molar-refractivity contribution in [3.63, 3.8) is 0 Å². The van der Waals surface area contributed by atoms with Gasteiger partial charge in [0, 0.05) is 10.2 Å². The summed E-state index contributed by atoms with van der Waals surface area (Å²) in [6.07, 6.45) is 0. The first-order valence-corrected chi connectivity index (χ1v) is 10.3. The molecule has 0 aromatic heterocycles. The molecule has 30 heavy (non-hydrogen) atoms. The van der Waals surface area contributed by atoms with Crippen LogP contribution in [0.3, 0.4) is 0 Å². The van der Waals surface area contributed by atoms with Gasteiger partial charge in [-0.05, 0) is 34.9 Å². The van der Waals surface area contributed by atoms with Crippen molar-refractivity contribution >= 4 is 33.5 Å². The fraction of sp³-hybridized carbons (Fsp3) is 0.167. The van der Waals surface area contributed by atoms with Gasteiger partial charge in [-0.15, -0.1) is 0 Å². The van der Waals surface area contributed by atoms with Crippen LogP contribution in [0, 0.1) is 0 Å². The third-order valence-electron chi connectivity index (χ3n) is 5.42. The van der Waals surface area contributed by atoms with E-state index in [1.807, 2.05) is 42.5 Å². The molecule has 0 unspecified atom stereocenters. The number of aliphatic hydroxyl groups is 1. The van der Waals surface area contributed by atoms with Crippen LogP contribution in [-0.4, -0.2) is 24.1 Å². The third kappa shape index (κ3) is 3.32. The van der Waals surface area contributed by atoms with Gasteiger partial charge in [-0.1, -0.05) is 76.6 Å². The van der Waals surface area contributed by atoms with E-state index in [1.165, 1.54) is 7.11 Å². The number of methoxy groups -OCH3 is 1. The Labute approximate surface area is 183 Å². The van der Waals surface area contributed by atoms with E-state index in [9.17, 15) is 14.7 Å². The molecular weight excluding hydrogens is 446 g/mol. The van der Waals surface area contributed by atoms with Crippen molar-refractivity contribution in [3.8, 4) is 0 Å². The Morgan fingerprint density at radius 2 is 1.70 bits per heavy atom. The molecule has 2 atom stereocenters. The smallest absolute Gasteiger partial charge is 0.343 e. The number of esters is 1. The fourth-order valence-electron chi connectivity index (χ4n) is 3.99. The van der Waals surface area contributed by atoms with Crippen molar-refractivity contribution in [2.75, 3.05) is 12.0 Å². The molecule has 4 rings (SSSR count). The molecule has 0 bridgehead atoms. The second-order valence-electron chi connectivity index (χ2n) is 7.17. The quantitative estimate of drug-likeness (QED) is 0.575. The van der Waals surface area contributed by atoms with Crippen LogP contribution in [0.4, 0.5) is 5.69 Å². The van der Waals surface area contributed by atoms with Crippen molar-refractivity contribution in [3.05, 3.63) is 100 Å². The Morgan fingerprint density at radius 1 is 1.07 bits per heavy atom. The van der Waals surface area contributed by atoms with E-state index in [-0.39, 0.29) is 5.91 Å². The molecule has 3 aromatic rings. The number of halogens is 1. The molecule has 1 heterocycles. The van der Waals surface area contributed by atoms with Crippen molar-refractivity contribution in [1.82, 2.24) is 0 Å². The van der Waals surface area contributed by atoms with Gasteiger partial charge in [0.1, 0.15) is 5.92 Å². The molecule has 0 spiro atoms. The fourth-order valence-corrected chi connectivity index (χ4v) is 4.37. The number of hydrogen-bond acceptors (Lipinski definition) is 4. The Balaban J connectivity index is 1.87. The molecule has 0 aliphatic carbocycles. The monoisotopic (exact) mass is 465 g/mol. The number of benzene rings is 3. The standard InChI is InChI=1S/C24H20BrNO4/c1-30-23(28)24(29,17-10-6-3-7-11-17)21-19-14-18(25)12-13-20(19)26(22(21)27)15-16-8-4-2-5-9-16/h2-14,21,29H,15H2,1H3/t21-,24-/m0/s1. The van der Waals surface area contributed by atoms with Crippen LogP contribution >= 0.6 is 15.9 Å². The van der Waals surface area contributed by atoms with Gasteiger partial charge in [0.15, 0.2) is 0 Å². The topological polar surface area (TPSA) is 66.8 Å². The lowest BCUT2D eigenvalue weighted by Gasteiger charge is -2.31. The van der Waals surface area contributed by atoms with E-state index in [1.54, 1.807) is 41.3 Å². The summed E-state index contributed by atoms with van der Waals surface area (Å²) in [5.74, 6) is -2.37. The highest BCUT2D eigenvalue weighted by Gasteiger charge is 2.56. The van der Waals surface area contributed by atoms with Crippen molar-refractivity contribution in [2.24, 2.45) is 0 Å². The summed E-state index contributed by atoms with van der Waals surface area (Å²) in [6, 6.07) is 23.5. The normalized spacial score (nSPS) is 17.4. The highest BCUT2D eigenvalue weighted by molar-refractivity contribution is 9.10. The van der Waals surface area contributed by atoms with Gasteiger partial charge in [0.25, 0.3) is 0 Å². The average Bonchev–Trinajstić information content (AvgIpc) is 3.04. The lowest BCUT2D eigenvalue weighted by Crippen LogP contribution is -2.46. The van der Waals surface area contributed by atoms with E-state index in [4.69, 9.17) is 4.74 Å². The van der Waals surface area contributed by atoms with Crippen LogP contribution in [-0.2, 0) is 26.5 Å². The number of ether oxygens (including phenoxy) is 1. The molecule has 3 aromatic carbocycles. The van der Waals surface area contributed by atoms with Crippen LogP contribution < -0.4 is 4.90 Å². The largest absolute Gasteiger partial charge is 0.467 e. The molecule has 1 aliphatic heterocycles. The highest BCUT2D eigenvalue weighted by Crippen LogP contribution is 2.49. The summed E-state index contributed by atoms with van der Waals surface area (Å²) in [7, 11) is 1.21. The van der Waals surface area contributed by atoms with Crippen LogP contribution in [0.5, 0.6) is 0 Å². The summed E-state index contributed by atoms with van der Waals surface area (Å²) in [6.45, 7) is 0.330. The van der Waals surface area contributed by atoms with Crippen molar-refractivity contribution in [2.45, 2.75) is 18.1 Å². The molecule has 0 saturated carbocycles. The predicted molar refractivity (Wildman–Crippen MR) is 117 cm³/mol. The minimum absolute atomic E-state index is 0.308. The predicted octanol–water partition coefficient (Wildman–Crippen LogP) is 4.14. The molecule has 1 N–H and O–H groups in total. The zero-order valence-corrected chi connectivity index (χ0v) is 17.9. The summed E-state index contributed by atoms with van der Waals surface area (Å²) >= 11 is 3.45. The number of amides is 1. The Kier molecular flexibility index (Phi) is 5.45. The lowest BCUT2D eigenvalue weighted by atomic mass is 9.78. The van der Waals surface area contributed by atoms with E-state index in [0.29, 0.717) is 23.4 Å². The van der Waals surface area contributed by atoms with E-state index in [2.05, 4.69) is 15.9 Å². The SMILES string of the molecule is COC(=O)[C@](O)(c1ccccc1)[C@@H]1C(=O)N(Cc2ccccc2)c2ccc(Br)cc21. The first-order valence-electron chi connectivity index (χ1n) is 9.48. The summed E-state index contributed by atoms with van der Waals surface area (Å²) in [5.41, 5.74) is 0.329. The molecule has 6 heteroatoms. The summed E-state index contributed by atoms with van der Waals surface area (Å²) < 4.78 is 5.71. The van der Waals surface area contributed by atoms with Crippen LogP contribution in [0.15, 0.2) is 83.3 Å². The van der Waals surface area contributed by atoms with E-state index < -0.39 is 17.5 Å². The molecule has 0 saturated heterocycles. The molecule has 0 radical (unpaired) electrons. The van der Waals surface area contributed by atoms with Gasteiger partial charge in [0.05, 0.1) is 13.7 Å². The van der Waals surface area contributed by atoms with Gasteiger partial charge in [0.2, 0.25) is 11.5 Å². The van der Waals surface area contributed by atoms with Gasteiger partial charge < -0.3 is 14.7 Å². The second-order valence-corrected chi connectivity index (χ2v) is 8.09. The minimum atomic E-state index is -2.16. The minimum Gasteiger partial charge on any atom is -0.467 e. The number of nitrogens with zero attached hydrogens (tertiary/aromatic N) is 1. The summed E-state index contributed by atoms with van der Waals surface area (Å²) in [5, 5.41) is 11.7. The van der Waals surface area contributed by atoms with Crippen LogP contribution in [0.25, 0.3) is 0 Å². The number of anilines is 1. The number of carbonyl (C=O) groups is 2. The summed E-state index contributed by atoms with van der Waals surface area (Å²) in [4.78, 5) is 28.1. The Bertz CT molecular complexity index is 1090. The van der Waals surface area contributed by atoms with E-state index in [0.717, 1.165) is 10.0 Å². The Morgan fingerprint density at radius 3 is 2.33 bits per heavy atom. The van der Waals surface area contributed by atoms with Gasteiger partial charge in [-0.2, -0.15) is 0 Å². The van der Waals surface area contributed by atoms with Gasteiger partial charge in [-0.25, -0.2) is 4.79 Å². The van der Waals surface area contributed by atoms with Crippen LogP contribution in [0.2, 0.25) is 0 Å². The van der Waals surface area contributed by atoms with Crippen molar-refractivity contribution < 1.29 is 19.4 Å². The number of carbonyl (C=O) groups excluding carboxylic acids is 2.